The van der Waals surface area contributed by atoms with Gasteiger partial charge in [-0.15, -0.1) is 0 Å². The highest BCUT2D eigenvalue weighted by Crippen LogP contribution is 2.14. The summed E-state index contributed by atoms with van der Waals surface area (Å²) >= 11 is 0. The van der Waals surface area contributed by atoms with E-state index < -0.39 is 10.0 Å². The van der Waals surface area contributed by atoms with Crippen LogP contribution in [0.3, 0.4) is 0 Å². The molecule has 0 bridgehead atoms. The molecule has 0 aliphatic carbocycles. The van der Waals surface area contributed by atoms with Crippen molar-refractivity contribution in [2.24, 2.45) is 10.9 Å². The second kappa shape index (κ2) is 13.5. The third kappa shape index (κ3) is 9.53. The highest BCUT2D eigenvalue weighted by atomic mass is 32.2. The van der Waals surface area contributed by atoms with Crippen LogP contribution in [0.4, 0.5) is 0 Å². The van der Waals surface area contributed by atoms with Crippen LogP contribution in [-0.2, 0) is 19.5 Å². The molecule has 1 aliphatic rings. The summed E-state index contributed by atoms with van der Waals surface area (Å²) in [5, 5.41) is 6.28. The van der Waals surface area contributed by atoms with Crippen molar-refractivity contribution in [1.29, 1.82) is 0 Å². The van der Waals surface area contributed by atoms with Gasteiger partial charge in [0.2, 0.25) is 10.0 Å². The van der Waals surface area contributed by atoms with Gasteiger partial charge >= 0.3 is 0 Å². The Kier molecular flexibility index (Phi) is 10.9. The molecule has 2 heterocycles. The van der Waals surface area contributed by atoms with Gasteiger partial charge in [-0.2, -0.15) is 0 Å². The Morgan fingerprint density at radius 1 is 1.31 bits per heavy atom. The smallest absolute Gasteiger partial charge is 0.242 e. The minimum absolute atomic E-state index is 0.154. The summed E-state index contributed by atoms with van der Waals surface area (Å²) in [6.45, 7) is 7.19. The number of nitrogens with zero attached hydrogens (tertiary/aromatic N) is 2. The maximum Gasteiger partial charge on any atom is 0.242 e. The van der Waals surface area contributed by atoms with Crippen molar-refractivity contribution in [3.63, 3.8) is 0 Å². The topological polar surface area (TPSA) is 114 Å². The molecule has 0 spiro atoms. The van der Waals surface area contributed by atoms with Crippen LogP contribution in [0.15, 0.2) is 34.4 Å². The third-order valence-electron chi connectivity index (χ3n) is 4.41. The Balaban J connectivity index is 1.61. The second-order valence-electron chi connectivity index (χ2n) is 6.76. The van der Waals surface area contributed by atoms with Gasteiger partial charge in [0.15, 0.2) is 5.96 Å². The van der Waals surface area contributed by atoms with Gasteiger partial charge in [-0.3, -0.25) is 9.98 Å². The lowest BCUT2D eigenvalue weighted by Crippen LogP contribution is -2.41. The maximum absolute atomic E-state index is 12.1. The van der Waals surface area contributed by atoms with Crippen LogP contribution >= 0.6 is 0 Å². The standard InChI is InChI=1S/C19H33N5O4S/c1-2-21-19(22-9-4-12-28-16-17-6-13-27-14-7-17)23-10-11-24-29(25,26)18-5-3-8-20-15-18/h3,5,8,15,17,24H,2,4,6-7,9-14,16H2,1H3,(H2,21,22,23). The number of aromatic nitrogens is 1. The predicted molar refractivity (Wildman–Crippen MR) is 112 cm³/mol. The SMILES string of the molecule is CCNC(=NCCCOCC1CCOCC1)NCCNS(=O)(=O)c1cccnc1. The molecular formula is C19H33N5O4S. The Morgan fingerprint density at radius 3 is 2.86 bits per heavy atom. The minimum atomic E-state index is -3.54. The van der Waals surface area contributed by atoms with Gasteiger partial charge in [0.1, 0.15) is 4.90 Å². The van der Waals surface area contributed by atoms with Crippen LogP contribution in [0, 0.1) is 5.92 Å². The fourth-order valence-electron chi connectivity index (χ4n) is 2.82. The number of pyridine rings is 1. The highest BCUT2D eigenvalue weighted by molar-refractivity contribution is 7.89. The molecule has 0 saturated carbocycles. The normalized spacial score (nSPS) is 16.0. The first-order valence-electron chi connectivity index (χ1n) is 10.2. The average Bonchev–Trinajstić information content (AvgIpc) is 2.75. The van der Waals surface area contributed by atoms with E-state index in [1.54, 1.807) is 6.07 Å². The summed E-state index contributed by atoms with van der Waals surface area (Å²) in [6.07, 6.45) is 5.86. The van der Waals surface area contributed by atoms with Crippen molar-refractivity contribution in [2.45, 2.75) is 31.1 Å². The number of guanidine groups is 1. The van der Waals surface area contributed by atoms with E-state index in [0.29, 0.717) is 31.6 Å². The molecule has 0 radical (unpaired) electrons. The van der Waals surface area contributed by atoms with E-state index >= 15 is 0 Å². The molecule has 0 unspecified atom stereocenters. The lowest BCUT2D eigenvalue weighted by Gasteiger charge is -2.21. The summed E-state index contributed by atoms with van der Waals surface area (Å²) in [6, 6.07) is 3.11. The van der Waals surface area contributed by atoms with Crippen LogP contribution in [0.2, 0.25) is 0 Å². The van der Waals surface area contributed by atoms with E-state index in [9.17, 15) is 8.42 Å². The quantitative estimate of drug-likeness (QED) is 0.256. The van der Waals surface area contributed by atoms with Crippen molar-refractivity contribution in [3.05, 3.63) is 24.5 Å². The molecular weight excluding hydrogens is 394 g/mol. The van der Waals surface area contributed by atoms with E-state index in [-0.39, 0.29) is 11.4 Å². The first-order chi connectivity index (χ1) is 14.1. The molecule has 1 fully saturated rings. The number of hydrogen-bond acceptors (Lipinski definition) is 6. The zero-order chi connectivity index (χ0) is 20.8. The van der Waals surface area contributed by atoms with Gasteiger partial charge in [-0.25, -0.2) is 13.1 Å². The van der Waals surface area contributed by atoms with E-state index in [0.717, 1.165) is 45.6 Å². The van der Waals surface area contributed by atoms with Crippen molar-refractivity contribution < 1.29 is 17.9 Å². The molecule has 29 heavy (non-hydrogen) atoms. The van der Waals surface area contributed by atoms with Crippen LogP contribution in [0.25, 0.3) is 0 Å². The summed E-state index contributed by atoms with van der Waals surface area (Å²) in [4.78, 5) is 8.48. The van der Waals surface area contributed by atoms with E-state index in [1.165, 1.54) is 18.5 Å². The van der Waals surface area contributed by atoms with Gasteiger partial charge in [-0.1, -0.05) is 0 Å². The number of aliphatic imine (C=N–C) groups is 1. The van der Waals surface area contributed by atoms with Crippen molar-refractivity contribution in [1.82, 2.24) is 20.3 Å². The lowest BCUT2D eigenvalue weighted by molar-refractivity contribution is 0.0205. The Morgan fingerprint density at radius 2 is 2.14 bits per heavy atom. The molecule has 0 atom stereocenters. The van der Waals surface area contributed by atoms with E-state index in [2.05, 4.69) is 25.3 Å². The number of ether oxygens (including phenoxy) is 2. The third-order valence-corrected chi connectivity index (χ3v) is 5.86. The fourth-order valence-corrected chi connectivity index (χ4v) is 3.81. The lowest BCUT2D eigenvalue weighted by atomic mass is 10.0. The zero-order valence-electron chi connectivity index (χ0n) is 17.1. The summed E-state index contributed by atoms with van der Waals surface area (Å²) in [5.41, 5.74) is 0. The van der Waals surface area contributed by atoms with Crippen molar-refractivity contribution in [2.75, 3.05) is 52.6 Å². The van der Waals surface area contributed by atoms with Crippen LogP contribution in [-0.4, -0.2) is 72.0 Å². The first kappa shape index (κ1) is 23.5. The summed E-state index contributed by atoms with van der Waals surface area (Å²) < 4.78 is 37.9. The van der Waals surface area contributed by atoms with Gasteiger partial charge in [0.25, 0.3) is 0 Å². The summed E-state index contributed by atoms with van der Waals surface area (Å²) in [7, 11) is -3.54. The Labute approximate surface area is 173 Å². The summed E-state index contributed by atoms with van der Waals surface area (Å²) in [5.74, 6) is 1.28. The van der Waals surface area contributed by atoms with Gasteiger partial charge in [0, 0.05) is 65.0 Å². The van der Waals surface area contributed by atoms with Gasteiger partial charge in [-0.05, 0) is 44.2 Å². The van der Waals surface area contributed by atoms with Crippen molar-refractivity contribution in [3.8, 4) is 0 Å². The number of hydrogen-bond donors (Lipinski definition) is 3. The van der Waals surface area contributed by atoms with Gasteiger partial charge < -0.3 is 20.1 Å². The highest BCUT2D eigenvalue weighted by Gasteiger charge is 2.14. The number of nitrogens with one attached hydrogen (secondary N) is 3. The molecule has 0 amide bonds. The number of sulfonamides is 1. The monoisotopic (exact) mass is 427 g/mol. The molecule has 1 aliphatic heterocycles. The van der Waals surface area contributed by atoms with Gasteiger partial charge in [0.05, 0.1) is 0 Å². The minimum Gasteiger partial charge on any atom is -0.381 e. The average molecular weight is 428 g/mol. The molecule has 1 aromatic rings. The Bertz CT molecular complexity index is 694. The molecule has 1 saturated heterocycles. The molecule has 0 aromatic carbocycles. The molecule has 2 rings (SSSR count). The zero-order valence-corrected chi connectivity index (χ0v) is 17.9. The van der Waals surface area contributed by atoms with E-state index in [1.807, 2.05) is 6.92 Å². The van der Waals surface area contributed by atoms with Crippen LogP contribution < -0.4 is 15.4 Å². The fraction of sp³-hybridized carbons (Fsp3) is 0.684. The second-order valence-corrected chi connectivity index (χ2v) is 8.53. The van der Waals surface area contributed by atoms with E-state index in [4.69, 9.17) is 9.47 Å². The maximum atomic E-state index is 12.1. The first-order valence-corrected chi connectivity index (χ1v) is 11.7. The largest absolute Gasteiger partial charge is 0.381 e. The Hall–Kier alpha value is -1.75. The predicted octanol–water partition coefficient (Wildman–Crippen LogP) is 0.748. The van der Waals surface area contributed by atoms with Crippen molar-refractivity contribution >= 4 is 16.0 Å². The number of rotatable bonds is 12. The molecule has 9 nitrogen and oxygen atoms in total. The molecule has 3 N–H and O–H groups in total. The molecule has 164 valence electrons. The van der Waals surface area contributed by atoms with Crippen LogP contribution in [0.5, 0.6) is 0 Å². The molecule has 1 aromatic heterocycles. The van der Waals surface area contributed by atoms with Crippen LogP contribution in [0.1, 0.15) is 26.2 Å². The molecule has 10 heteroatoms.